The van der Waals surface area contributed by atoms with Crippen LogP contribution in [0.1, 0.15) is 13.3 Å². The second-order valence-electron chi connectivity index (χ2n) is 1.68. The Hall–Kier alpha value is -0.780. The summed E-state index contributed by atoms with van der Waals surface area (Å²) in [6.45, 7) is 9.22. The molecule has 0 heteroatoms. The van der Waals surface area contributed by atoms with Crippen molar-refractivity contribution in [2.75, 3.05) is 0 Å². The predicted octanol–water partition coefficient (Wildman–Crippen LogP) is 2.69. The van der Waals surface area contributed by atoms with E-state index < -0.39 is 0 Å². The summed E-state index contributed by atoms with van der Waals surface area (Å²) >= 11 is 0. The molecule has 0 radical (unpaired) electrons. The molecule has 0 aromatic carbocycles. The molecule has 0 bridgehead atoms. The topological polar surface area (TPSA) is 0 Å². The van der Waals surface area contributed by atoms with Crippen LogP contribution in [0.3, 0.4) is 0 Å². The zero-order valence-electron chi connectivity index (χ0n) is 5.35. The Balaban J connectivity index is 3.56. The van der Waals surface area contributed by atoms with Gasteiger partial charge in [-0.2, -0.15) is 0 Å². The predicted molar refractivity (Wildman–Crippen MR) is 38.8 cm³/mol. The van der Waals surface area contributed by atoms with Crippen molar-refractivity contribution in [3.63, 3.8) is 0 Å². The molecular formula is C8H12. The lowest BCUT2D eigenvalue weighted by Gasteiger charge is -1.84. The Labute approximate surface area is 51.2 Å². The minimum absolute atomic E-state index is 0.942. The van der Waals surface area contributed by atoms with Gasteiger partial charge in [-0.15, -0.1) is 6.58 Å². The largest absolute Gasteiger partial charge is 0.103 e. The first-order valence-corrected chi connectivity index (χ1v) is 2.71. The van der Waals surface area contributed by atoms with Gasteiger partial charge in [-0.25, -0.2) is 0 Å². The zero-order valence-corrected chi connectivity index (χ0v) is 5.35. The van der Waals surface area contributed by atoms with E-state index >= 15 is 0 Å². The Morgan fingerprint density at radius 1 is 1.50 bits per heavy atom. The SMILES string of the molecule is C=CCC=C(C)C=C. The van der Waals surface area contributed by atoms with Crippen molar-refractivity contribution in [3.05, 3.63) is 37.0 Å². The molecule has 0 saturated carbocycles. The van der Waals surface area contributed by atoms with Crippen molar-refractivity contribution in [1.82, 2.24) is 0 Å². The number of hydrogen-bond acceptors (Lipinski definition) is 0. The van der Waals surface area contributed by atoms with E-state index in [0.29, 0.717) is 0 Å². The van der Waals surface area contributed by atoms with Gasteiger partial charge in [0.05, 0.1) is 0 Å². The maximum absolute atomic E-state index is 3.61. The van der Waals surface area contributed by atoms with Crippen molar-refractivity contribution in [3.8, 4) is 0 Å². The first kappa shape index (κ1) is 7.22. The Bertz CT molecular complexity index is 107. The summed E-state index contributed by atoms with van der Waals surface area (Å²) in [5, 5.41) is 0. The Morgan fingerprint density at radius 2 is 2.12 bits per heavy atom. The minimum atomic E-state index is 0.942. The molecule has 0 spiro atoms. The standard InChI is InChI=1S/C8H12/c1-4-6-7-8(3)5-2/h4-5,7H,1-2,6H2,3H3. The molecule has 0 fully saturated rings. The van der Waals surface area contributed by atoms with Crippen LogP contribution in [-0.4, -0.2) is 0 Å². The molecule has 0 amide bonds. The molecule has 0 atom stereocenters. The third kappa shape index (κ3) is 3.41. The van der Waals surface area contributed by atoms with Crippen LogP contribution >= 0.6 is 0 Å². The molecule has 0 saturated heterocycles. The van der Waals surface area contributed by atoms with E-state index in [4.69, 9.17) is 0 Å². The van der Waals surface area contributed by atoms with Gasteiger partial charge in [0.1, 0.15) is 0 Å². The summed E-state index contributed by atoms with van der Waals surface area (Å²) < 4.78 is 0. The summed E-state index contributed by atoms with van der Waals surface area (Å²) in [6.07, 6.45) is 6.73. The van der Waals surface area contributed by atoms with Gasteiger partial charge in [-0.1, -0.05) is 30.4 Å². The fraction of sp³-hybridized carbons (Fsp3) is 0.250. The molecule has 0 unspecified atom stereocenters. The van der Waals surface area contributed by atoms with E-state index in [1.54, 1.807) is 0 Å². The average molecular weight is 108 g/mol. The maximum atomic E-state index is 3.61. The van der Waals surface area contributed by atoms with E-state index in [1.807, 2.05) is 19.1 Å². The zero-order chi connectivity index (χ0) is 6.41. The van der Waals surface area contributed by atoms with Gasteiger partial charge < -0.3 is 0 Å². The number of allylic oxidation sites excluding steroid dienone is 4. The summed E-state index contributed by atoms with van der Waals surface area (Å²) in [4.78, 5) is 0. The van der Waals surface area contributed by atoms with Crippen molar-refractivity contribution >= 4 is 0 Å². The first-order chi connectivity index (χ1) is 3.81. The normalized spacial score (nSPS) is 10.9. The molecule has 0 N–H and O–H groups in total. The van der Waals surface area contributed by atoms with E-state index in [2.05, 4.69) is 19.2 Å². The van der Waals surface area contributed by atoms with Crippen molar-refractivity contribution in [2.45, 2.75) is 13.3 Å². The molecule has 0 heterocycles. The van der Waals surface area contributed by atoms with Crippen LogP contribution in [0.5, 0.6) is 0 Å². The van der Waals surface area contributed by atoms with Gasteiger partial charge in [-0.3, -0.25) is 0 Å². The Kier molecular flexibility index (Phi) is 3.95. The fourth-order valence-corrected chi connectivity index (χ4v) is 0.353. The van der Waals surface area contributed by atoms with Crippen LogP contribution in [0.4, 0.5) is 0 Å². The van der Waals surface area contributed by atoms with Gasteiger partial charge in [-0.05, 0) is 13.3 Å². The molecule has 0 aliphatic heterocycles. The maximum Gasteiger partial charge on any atom is -0.0166 e. The van der Waals surface area contributed by atoms with Gasteiger partial charge in [0.2, 0.25) is 0 Å². The highest BCUT2D eigenvalue weighted by atomic mass is 13.8. The molecular weight excluding hydrogens is 96.1 g/mol. The monoisotopic (exact) mass is 108 g/mol. The summed E-state index contributed by atoms with van der Waals surface area (Å²) in [6, 6.07) is 0. The Morgan fingerprint density at radius 3 is 2.50 bits per heavy atom. The van der Waals surface area contributed by atoms with Crippen LogP contribution in [0, 0.1) is 0 Å². The third-order valence-corrected chi connectivity index (χ3v) is 0.928. The average Bonchev–Trinajstić information content (AvgIpc) is 1.83. The van der Waals surface area contributed by atoms with Gasteiger partial charge in [0, 0.05) is 0 Å². The smallest absolute Gasteiger partial charge is 0.0166 e. The van der Waals surface area contributed by atoms with E-state index in [9.17, 15) is 0 Å². The minimum Gasteiger partial charge on any atom is -0.103 e. The molecule has 0 aromatic heterocycles. The lowest BCUT2D eigenvalue weighted by atomic mass is 10.2. The number of hydrogen-bond donors (Lipinski definition) is 0. The van der Waals surface area contributed by atoms with Gasteiger partial charge in [0.15, 0.2) is 0 Å². The van der Waals surface area contributed by atoms with Crippen LogP contribution in [0.25, 0.3) is 0 Å². The first-order valence-electron chi connectivity index (χ1n) is 2.71. The van der Waals surface area contributed by atoms with Crippen LogP contribution < -0.4 is 0 Å². The molecule has 0 aliphatic rings. The molecule has 0 aliphatic carbocycles. The van der Waals surface area contributed by atoms with Crippen LogP contribution in [-0.2, 0) is 0 Å². The van der Waals surface area contributed by atoms with Crippen molar-refractivity contribution in [2.24, 2.45) is 0 Å². The molecule has 0 rings (SSSR count). The third-order valence-electron chi connectivity index (χ3n) is 0.928. The molecule has 0 aromatic rings. The van der Waals surface area contributed by atoms with Gasteiger partial charge >= 0.3 is 0 Å². The summed E-state index contributed by atoms with van der Waals surface area (Å²) in [5.74, 6) is 0. The second-order valence-corrected chi connectivity index (χ2v) is 1.68. The lowest BCUT2D eigenvalue weighted by Crippen LogP contribution is -1.63. The lowest BCUT2D eigenvalue weighted by molar-refractivity contribution is 1.34. The van der Waals surface area contributed by atoms with Crippen molar-refractivity contribution < 1.29 is 0 Å². The second kappa shape index (κ2) is 4.38. The quantitative estimate of drug-likeness (QED) is 0.385. The van der Waals surface area contributed by atoms with Crippen LogP contribution in [0.2, 0.25) is 0 Å². The van der Waals surface area contributed by atoms with E-state index in [1.165, 1.54) is 5.57 Å². The van der Waals surface area contributed by atoms with Crippen molar-refractivity contribution in [1.29, 1.82) is 0 Å². The van der Waals surface area contributed by atoms with Gasteiger partial charge in [0.25, 0.3) is 0 Å². The van der Waals surface area contributed by atoms with Crippen LogP contribution in [0.15, 0.2) is 37.0 Å². The number of rotatable bonds is 3. The highest BCUT2D eigenvalue weighted by Gasteiger charge is 1.73. The van der Waals surface area contributed by atoms with E-state index in [0.717, 1.165) is 6.42 Å². The summed E-state index contributed by atoms with van der Waals surface area (Å²) in [7, 11) is 0. The molecule has 8 heavy (non-hydrogen) atoms. The highest BCUT2D eigenvalue weighted by molar-refractivity contribution is 5.13. The summed E-state index contributed by atoms with van der Waals surface area (Å²) in [5.41, 5.74) is 1.21. The molecule has 44 valence electrons. The highest BCUT2D eigenvalue weighted by Crippen LogP contribution is 1.94. The molecule has 0 nitrogen and oxygen atoms in total. The fourth-order valence-electron chi connectivity index (χ4n) is 0.353. The van der Waals surface area contributed by atoms with E-state index in [-0.39, 0.29) is 0 Å².